The summed E-state index contributed by atoms with van der Waals surface area (Å²) in [5, 5.41) is 13.5. The van der Waals surface area contributed by atoms with Crippen molar-refractivity contribution in [3.63, 3.8) is 0 Å². The van der Waals surface area contributed by atoms with Gasteiger partial charge in [-0.15, -0.1) is 22.7 Å². The van der Waals surface area contributed by atoms with E-state index in [2.05, 4.69) is 15.9 Å². The number of aliphatic carboxylic acids is 1. The molecule has 1 aliphatic rings. The molecule has 3 rings (SSSR count). The molecule has 3 nitrogen and oxygen atoms in total. The summed E-state index contributed by atoms with van der Waals surface area (Å²) in [5.41, 5.74) is 0.969. The van der Waals surface area contributed by atoms with E-state index in [4.69, 9.17) is 0 Å². The maximum Gasteiger partial charge on any atom is 0.325 e. The molecule has 19 heavy (non-hydrogen) atoms. The maximum atomic E-state index is 11.6. The lowest BCUT2D eigenvalue weighted by Crippen LogP contribution is -2.38. The Morgan fingerprint density at radius 2 is 2.21 bits per heavy atom. The highest BCUT2D eigenvalue weighted by atomic mass is 79.9. The van der Waals surface area contributed by atoms with Crippen LogP contribution < -0.4 is 0 Å². The molecule has 0 saturated carbocycles. The zero-order valence-electron chi connectivity index (χ0n) is 10.0. The van der Waals surface area contributed by atoms with E-state index in [1.807, 2.05) is 27.8 Å². The first-order valence-corrected chi connectivity index (χ1v) is 8.47. The Hall–Kier alpha value is -0.690. The molecule has 3 heterocycles. The molecule has 2 aromatic rings. The molecule has 0 saturated heterocycles. The Bertz CT molecular complexity index is 607. The summed E-state index contributed by atoms with van der Waals surface area (Å²) in [6, 6.07) is 3.45. The lowest BCUT2D eigenvalue weighted by molar-refractivity contribution is -0.144. The van der Waals surface area contributed by atoms with Gasteiger partial charge in [0, 0.05) is 27.3 Å². The second-order valence-corrected chi connectivity index (χ2v) is 7.31. The van der Waals surface area contributed by atoms with Crippen LogP contribution in [-0.2, 0) is 17.8 Å². The topological polar surface area (TPSA) is 40.5 Å². The third-order valence-corrected chi connectivity index (χ3v) is 6.24. The summed E-state index contributed by atoms with van der Waals surface area (Å²) in [6.07, 6.45) is 0.944. The van der Waals surface area contributed by atoms with Crippen LogP contribution in [0.25, 0.3) is 0 Å². The van der Waals surface area contributed by atoms with Crippen LogP contribution in [0.1, 0.15) is 21.4 Å². The summed E-state index contributed by atoms with van der Waals surface area (Å²) in [6.45, 7) is 1.49. The largest absolute Gasteiger partial charge is 0.480 e. The Kier molecular flexibility index (Phi) is 3.75. The highest BCUT2D eigenvalue weighted by molar-refractivity contribution is 9.10. The third-order valence-electron chi connectivity index (χ3n) is 3.34. The van der Waals surface area contributed by atoms with Crippen LogP contribution in [0.5, 0.6) is 0 Å². The van der Waals surface area contributed by atoms with Crippen molar-refractivity contribution in [3.05, 3.63) is 42.7 Å². The normalized spacial score (nSPS) is 19.3. The molecular weight excluding hydrogens is 346 g/mol. The lowest BCUT2D eigenvalue weighted by Gasteiger charge is -2.32. The van der Waals surface area contributed by atoms with Crippen molar-refractivity contribution >= 4 is 44.6 Å². The molecule has 0 spiro atoms. The van der Waals surface area contributed by atoms with Crippen molar-refractivity contribution in [3.8, 4) is 0 Å². The highest BCUT2D eigenvalue weighted by Crippen LogP contribution is 2.35. The fraction of sp³-hybridized carbons (Fsp3) is 0.308. The van der Waals surface area contributed by atoms with Crippen LogP contribution in [0.3, 0.4) is 0 Å². The van der Waals surface area contributed by atoms with Crippen LogP contribution in [0.4, 0.5) is 0 Å². The summed E-state index contributed by atoms with van der Waals surface area (Å²) in [7, 11) is 0. The minimum Gasteiger partial charge on any atom is -0.480 e. The fourth-order valence-electron chi connectivity index (χ4n) is 2.45. The van der Waals surface area contributed by atoms with E-state index < -0.39 is 12.0 Å². The first-order valence-electron chi connectivity index (χ1n) is 5.92. The number of carboxylic acid groups (broad SMARTS) is 1. The molecular formula is C13H12BrNO2S2. The standard InChI is InChI=1S/C13H12BrNO2S2/c14-9-3-6-19-11(9)7-15-4-1-10-8(2-5-18-10)12(15)13(16)17/h2-3,5-6,12H,1,4,7H2,(H,16,17). The van der Waals surface area contributed by atoms with E-state index >= 15 is 0 Å². The van der Waals surface area contributed by atoms with Gasteiger partial charge < -0.3 is 5.11 Å². The number of halogens is 1. The van der Waals surface area contributed by atoms with Crippen molar-refractivity contribution in [1.82, 2.24) is 4.90 Å². The number of carboxylic acids is 1. The SMILES string of the molecule is O=C(O)C1c2ccsc2CCN1Cc1sccc1Br. The van der Waals surface area contributed by atoms with E-state index in [9.17, 15) is 9.90 Å². The first kappa shape index (κ1) is 13.3. The molecule has 1 atom stereocenters. The van der Waals surface area contributed by atoms with E-state index in [1.165, 1.54) is 9.75 Å². The van der Waals surface area contributed by atoms with Gasteiger partial charge in [0.15, 0.2) is 0 Å². The Morgan fingerprint density at radius 1 is 1.42 bits per heavy atom. The molecule has 6 heteroatoms. The van der Waals surface area contributed by atoms with E-state index in [-0.39, 0.29) is 0 Å². The number of hydrogen-bond acceptors (Lipinski definition) is 4. The van der Waals surface area contributed by atoms with Crippen molar-refractivity contribution in [2.24, 2.45) is 0 Å². The molecule has 1 aliphatic heterocycles. The van der Waals surface area contributed by atoms with Crippen molar-refractivity contribution in [2.45, 2.75) is 19.0 Å². The lowest BCUT2D eigenvalue weighted by atomic mass is 10.00. The second-order valence-electron chi connectivity index (χ2n) is 4.45. The summed E-state index contributed by atoms with van der Waals surface area (Å²) >= 11 is 6.84. The fourth-order valence-corrected chi connectivity index (χ4v) is 4.86. The van der Waals surface area contributed by atoms with E-state index in [0.717, 1.165) is 23.0 Å². The molecule has 2 aromatic heterocycles. The monoisotopic (exact) mass is 357 g/mol. The highest BCUT2D eigenvalue weighted by Gasteiger charge is 2.33. The number of fused-ring (bicyclic) bond motifs is 1. The average molecular weight is 358 g/mol. The van der Waals surface area contributed by atoms with Gasteiger partial charge in [-0.25, -0.2) is 0 Å². The van der Waals surface area contributed by atoms with E-state index in [0.29, 0.717) is 6.54 Å². The zero-order chi connectivity index (χ0) is 13.4. The molecule has 0 aromatic carbocycles. The number of hydrogen-bond donors (Lipinski definition) is 1. The van der Waals surface area contributed by atoms with Gasteiger partial charge in [-0.05, 0) is 50.8 Å². The summed E-state index contributed by atoms with van der Waals surface area (Å²) in [4.78, 5) is 16.0. The van der Waals surface area contributed by atoms with Gasteiger partial charge >= 0.3 is 5.97 Å². The van der Waals surface area contributed by atoms with Gasteiger partial charge in [-0.2, -0.15) is 0 Å². The molecule has 0 fully saturated rings. The van der Waals surface area contributed by atoms with Gasteiger partial charge in [-0.3, -0.25) is 9.69 Å². The number of carbonyl (C=O) groups is 1. The maximum absolute atomic E-state index is 11.6. The minimum atomic E-state index is -0.757. The van der Waals surface area contributed by atoms with Gasteiger partial charge in [0.1, 0.15) is 6.04 Å². The molecule has 1 N–H and O–H groups in total. The quantitative estimate of drug-likeness (QED) is 0.908. The predicted octanol–water partition coefficient (Wildman–Crippen LogP) is 3.76. The van der Waals surface area contributed by atoms with Crippen LogP contribution in [0.15, 0.2) is 27.4 Å². The van der Waals surface area contributed by atoms with Gasteiger partial charge in [0.25, 0.3) is 0 Å². The molecule has 0 bridgehead atoms. The smallest absolute Gasteiger partial charge is 0.325 e. The van der Waals surface area contributed by atoms with Crippen molar-refractivity contribution in [2.75, 3.05) is 6.54 Å². The zero-order valence-corrected chi connectivity index (χ0v) is 13.2. The van der Waals surface area contributed by atoms with Gasteiger partial charge in [-0.1, -0.05) is 0 Å². The molecule has 100 valence electrons. The first-order chi connectivity index (χ1) is 9.16. The molecule has 0 radical (unpaired) electrons. The number of thiophene rings is 2. The third kappa shape index (κ3) is 2.50. The minimum absolute atomic E-state index is 0.510. The average Bonchev–Trinajstić information content (AvgIpc) is 2.98. The van der Waals surface area contributed by atoms with Gasteiger partial charge in [0.2, 0.25) is 0 Å². The Morgan fingerprint density at radius 3 is 2.89 bits per heavy atom. The van der Waals surface area contributed by atoms with Crippen LogP contribution in [-0.4, -0.2) is 22.5 Å². The second kappa shape index (κ2) is 5.36. The number of rotatable bonds is 3. The molecule has 0 aliphatic carbocycles. The number of nitrogens with zero attached hydrogens (tertiary/aromatic N) is 1. The van der Waals surface area contributed by atoms with E-state index in [1.54, 1.807) is 22.7 Å². The Labute approximate surface area is 127 Å². The van der Waals surface area contributed by atoms with Crippen molar-refractivity contribution in [1.29, 1.82) is 0 Å². The summed E-state index contributed by atoms with van der Waals surface area (Å²) < 4.78 is 1.07. The Balaban J connectivity index is 1.90. The molecule has 1 unspecified atom stereocenters. The van der Waals surface area contributed by atoms with Crippen LogP contribution in [0.2, 0.25) is 0 Å². The summed E-state index contributed by atoms with van der Waals surface area (Å²) in [5.74, 6) is -0.757. The van der Waals surface area contributed by atoms with Gasteiger partial charge in [0.05, 0.1) is 0 Å². The van der Waals surface area contributed by atoms with Crippen LogP contribution >= 0.6 is 38.6 Å². The molecule has 0 amide bonds. The predicted molar refractivity (Wildman–Crippen MR) is 80.8 cm³/mol. The van der Waals surface area contributed by atoms with Crippen LogP contribution in [0, 0.1) is 0 Å². The van der Waals surface area contributed by atoms with Crippen molar-refractivity contribution < 1.29 is 9.90 Å².